The van der Waals surface area contributed by atoms with Gasteiger partial charge in [-0.3, -0.25) is 4.79 Å². The Hall–Kier alpha value is -1.96. The number of fused-ring (bicyclic) bond motifs is 3. The first kappa shape index (κ1) is 15.6. The maximum absolute atomic E-state index is 12.0. The third-order valence-corrected chi connectivity index (χ3v) is 4.93. The molecule has 1 aromatic carbocycles. The number of ether oxygens (including phenoxy) is 4. The van der Waals surface area contributed by atoms with E-state index in [1.54, 1.807) is 0 Å². The van der Waals surface area contributed by atoms with Crippen LogP contribution in [0.15, 0.2) is 35.4 Å². The van der Waals surface area contributed by atoms with E-state index in [0.717, 1.165) is 5.56 Å². The molecule has 1 aliphatic carbocycles. The lowest BCUT2D eigenvalue weighted by atomic mass is 10.0. The van der Waals surface area contributed by atoms with Crippen LogP contribution in [-0.2, 0) is 23.7 Å². The van der Waals surface area contributed by atoms with Gasteiger partial charge in [-0.25, -0.2) is 0 Å². The number of carbonyl (C=O) groups excluding carboxylic acids is 1. The summed E-state index contributed by atoms with van der Waals surface area (Å²) in [6.07, 6.45) is -1.60. The summed E-state index contributed by atoms with van der Waals surface area (Å²) in [5.74, 6) is -1.13. The van der Waals surface area contributed by atoms with Crippen LogP contribution < -0.4 is 0 Å². The van der Waals surface area contributed by atoms with Crippen LogP contribution in [0.1, 0.15) is 11.9 Å². The van der Waals surface area contributed by atoms with Gasteiger partial charge in [0.15, 0.2) is 12.6 Å². The molecule has 2 unspecified atom stereocenters. The van der Waals surface area contributed by atoms with Gasteiger partial charge >= 0.3 is 0 Å². The van der Waals surface area contributed by atoms with Gasteiger partial charge in [0, 0.05) is 35.3 Å². The summed E-state index contributed by atoms with van der Waals surface area (Å²) in [5, 5.41) is 3.24. The van der Waals surface area contributed by atoms with E-state index in [2.05, 4.69) is 10.0 Å². The van der Waals surface area contributed by atoms with Gasteiger partial charge < -0.3 is 18.9 Å². The molecule has 1 aromatic rings. The highest BCUT2D eigenvalue weighted by Crippen LogP contribution is 2.58. The molecule has 2 aliphatic heterocycles. The predicted molar refractivity (Wildman–Crippen MR) is 80.3 cm³/mol. The Morgan fingerprint density at radius 1 is 1.29 bits per heavy atom. The SMILES string of the molecule is CO[C@H]1O[C@@H]2COC(c3ccccc3)O[C@H]2[C@@H]2C(C(=O)N=[N+]=[N-])[C@H]12. The van der Waals surface area contributed by atoms with E-state index in [4.69, 9.17) is 24.5 Å². The van der Waals surface area contributed by atoms with Gasteiger partial charge in [-0.05, 0) is 10.6 Å². The van der Waals surface area contributed by atoms with Crippen molar-refractivity contribution in [3.8, 4) is 0 Å². The fraction of sp³-hybridized carbons (Fsp3) is 0.562. The lowest BCUT2D eigenvalue weighted by Crippen LogP contribution is -2.49. The van der Waals surface area contributed by atoms with Crippen molar-refractivity contribution in [2.24, 2.45) is 22.9 Å². The first-order valence-electron chi connectivity index (χ1n) is 7.84. The summed E-state index contributed by atoms with van der Waals surface area (Å²) in [5.41, 5.74) is 9.43. The van der Waals surface area contributed by atoms with Crippen LogP contribution in [0, 0.1) is 17.8 Å². The van der Waals surface area contributed by atoms with E-state index in [1.165, 1.54) is 7.11 Å². The molecule has 3 aliphatic rings. The first-order valence-corrected chi connectivity index (χ1v) is 7.84. The largest absolute Gasteiger partial charge is 0.356 e. The molecule has 2 saturated heterocycles. The maximum Gasteiger partial charge on any atom is 0.222 e. The van der Waals surface area contributed by atoms with E-state index in [1.807, 2.05) is 30.3 Å². The van der Waals surface area contributed by atoms with Gasteiger partial charge in [0.1, 0.15) is 6.10 Å². The van der Waals surface area contributed by atoms with Crippen LogP contribution in [0.2, 0.25) is 0 Å². The van der Waals surface area contributed by atoms with Crippen LogP contribution in [0.3, 0.4) is 0 Å². The molecule has 1 saturated carbocycles. The van der Waals surface area contributed by atoms with Crippen molar-refractivity contribution in [1.82, 2.24) is 0 Å². The summed E-state index contributed by atoms with van der Waals surface area (Å²) in [7, 11) is 1.53. The summed E-state index contributed by atoms with van der Waals surface area (Å²) < 4.78 is 23.1. The Kier molecular flexibility index (Phi) is 3.99. The number of carbonyl (C=O) groups is 1. The van der Waals surface area contributed by atoms with Crippen molar-refractivity contribution in [1.29, 1.82) is 0 Å². The van der Waals surface area contributed by atoms with Crippen LogP contribution in [0.5, 0.6) is 0 Å². The second-order valence-corrected chi connectivity index (χ2v) is 6.16. The molecule has 0 bridgehead atoms. The maximum atomic E-state index is 12.0. The van der Waals surface area contributed by atoms with Gasteiger partial charge in [-0.15, -0.1) is 0 Å². The minimum Gasteiger partial charge on any atom is -0.356 e. The van der Waals surface area contributed by atoms with E-state index in [-0.39, 0.29) is 24.0 Å². The number of nitrogens with zero attached hydrogens (tertiary/aromatic N) is 3. The summed E-state index contributed by atoms with van der Waals surface area (Å²) >= 11 is 0. The molecule has 0 N–H and O–H groups in total. The smallest absolute Gasteiger partial charge is 0.222 e. The summed E-state index contributed by atoms with van der Waals surface area (Å²) in [6.45, 7) is 0.357. The Morgan fingerprint density at radius 2 is 2.08 bits per heavy atom. The fourth-order valence-corrected chi connectivity index (χ4v) is 3.84. The minimum absolute atomic E-state index is 0.0817. The zero-order valence-corrected chi connectivity index (χ0v) is 13.0. The summed E-state index contributed by atoms with van der Waals surface area (Å²) in [4.78, 5) is 14.6. The topological polar surface area (TPSA) is 103 Å². The van der Waals surface area contributed by atoms with Gasteiger partial charge in [0.25, 0.3) is 0 Å². The molecule has 4 rings (SSSR count). The summed E-state index contributed by atoms with van der Waals surface area (Å²) in [6, 6.07) is 9.62. The molecular weight excluding hydrogens is 314 g/mol. The van der Waals surface area contributed by atoms with Gasteiger partial charge in [0.05, 0.1) is 12.7 Å². The molecule has 3 fully saturated rings. The monoisotopic (exact) mass is 331 g/mol. The Bertz CT molecular complexity index is 678. The van der Waals surface area contributed by atoms with E-state index >= 15 is 0 Å². The van der Waals surface area contributed by atoms with Crippen molar-refractivity contribution in [3.05, 3.63) is 46.3 Å². The normalized spacial score (nSPS) is 40.0. The lowest BCUT2D eigenvalue weighted by molar-refractivity contribution is -0.316. The molecule has 8 heteroatoms. The van der Waals surface area contributed by atoms with Crippen molar-refractivity contribution < 1.29 is 23.7 Å². The molecule has 0 radical (unpaired) electrons. The van der Waals surface area contributed by atoms with Crippen molar-refractivity contribution >= 4 is 5.91 Å². The fourth-order valence-electron chi connectivity index (χ4n) is 3.84. The molecule has 1 amide bonds. The Balaban J connectivity index is 1.56. The van der Waals surface area contributed by atoms with E-state index in [9.17, 15) is 4.79 Å². The van der Waals surface area contributed by atoms with Crippen molar-refractivity contribution in [2.75, 3.05) is 13.7 Å². The molecule has 24 heavy (non-hydrogen) atoms. The van der Waals surface area contributed by atoms with Crippen LogP contribution in [0.25, 0.3) is 10.4 Å². The van der Waals surface area contributed by atoms with E-state index < -0.39 is 24.4 Å². The van der Waals surface area contributed by atoms with Crippen molar-refractivity contribution in [2.45, 2.75) is 24.8 Å². The molecule has 0 spiro atoms. The lowest BCUT2D eigenvalue weighted by Gasteiger charge is -2.41. The molecule has 8 nitrogen and oxygen atoms in total. The van der Waals surface area contributed by atoms with Crippen LogP contribution >= 0.6 is 0 Å². The number of rotatable bonds is 3. The highest BCUT2D eigenvalue weighted by atomic mass is 16.7. The molecule has 2 heterocycles. The zero-order valence-electron chi connectivity index (χ0n) is 13.0. The van der Waals surface area contributed by atoms with Gasteiger partial charge in [0.2, 0.25) is 5.91 Å². The third kappa shape index (κ3) is 2.49. The second kappa shape index (κ2) is 6.16. The van der Waals surface area contributed by atoms with Gasteiger partial charge in [-0.1, -0.05) is 30.3 Å². The number of benzene rings is 1. The Labute approximate surface area is 138 Å². The van der Waals surface area contributed by atoms with Crippen LogP contribution in [0.4, 0.5) is 0 Å². The second-order valence-electron chi connectivity index (χ2n) is 6.16. The number of hydrogen-bond acceptors (Lipinski definition) is 5. The Morgan fingerprint density at radius 3 is 2.79 bits per heavy atom. The molecule has 7 atom stereocenters. The number of hydrogen-bond donors (Lipinski definition) is 0. The van der Waals surface area contributed by atoms with Crippen LogP contribution in [-0.4, -0.2) is 38.1 Å². The highest BCUT2D eigenvalue weighted by molar-refractivity contribution is 5.83. The van der Waals surface area contributed by atoms with Gasteiger partial charge in [-0.2, -0.15) is 0 Å². The standard InChI is InChI=1S/C16H17N3O5/c1-21-16-12-10(11(12)14(20)18-19-17)13-9(23-16)7-22-15(24-13)8-5-3-2-4-6-8/h2-6,9-13,15-16H,7H2,1H3/t9-,10-,11?,12-,13-,15?,16+/m1/s1. The molecular formula is C16H17N3O5. The quantitative estimate of drug-likeness (QED) is 0.480. The predicted octanol–water partition coefficient (Wildman–Crippen LogP) is 2.17. The van der Waals surface area contributed by atoms with Crippen molar-refractivity contribution in [3.63, 3.8) is 0 Å². The molecule has 0 aromatic heterocycles. The average molecular weight is 331 g/mol. The van der Waals surface area contributed by atoms with E-state index in [0.29, 0.717) is 6.61 Å². The highest BCUT2D eigenvalue weighted by Gasteiger charge is 2.68. The number of amides is 1. The third-order valence-electron chi connectivity index (χ3n) is 4.93. The number of methoxy groups -OCH3 is 1. The zero-order chi connectivity index (χ0) is 16.7. The molecule has 126 valence electrons. The first-order chi connectivity index (χ1) is 11.7. The number of azide groups is 1. The average Bonchev–Trinajstić information content (AvgIpc) is 3.38. The minimum atomic E-state index is -0.514.